The highest BCUT2D eigenvalue weighted by molar-refractivity contribution is 7.63. The van der Waals surface area contributed by atoms with Gasteiger partial charge in [0.25, 0.3) is 0 Å². The molecule has 0 spiro atoms. The van der Waals surface area contributed by atoms with E-state index in [9.17, 15) is 4.57 Å². The monoisotopic (exact) mass is 416 g/mol. The van der Waals surface area contributed by atoms with E-state index in [0.717, 1.165) is 5.56 Å². The lowest BCUT2D eigenvalue weighted by Gasteiger charge is -2.20. The minimum absolute atomic E-state index is 0.410. The fraction of sp³-hybridized carbons (Fsp3) is 0.0400. The van der Waals surface area contributed by atoms with Crippen molar-refractivity contribution in [3.63, 3.8) is 0 Å². The molecule has 0 radical (unpaired) electrons. The van der Waals surface area contributed by atoms with Gasteiger partial charge in [-0.15, -0.1) is 0 Å². The number of para-hydroxylation sites is 2. The number of benzene rings is 4. The molecule has 0 atom stereocenters. The molecule has 0 aromatic heterocycles. The van der Waals surface area contributed by atoms with Crippen molar-refractivity contribution in [2.75, 3.05) is 0 Å². The molecule has 5 heteroatoms. The Kier molecular flexibility index (Phi) is 6.17. The van der Waals surface area contributed by atoms with Crippen LogP contribution in [0.25, 0.3) is 0 Å². The van der Waals surface area contributed by atoms with Crippen LogP contribution in [0.3, 0.4) is 0 Å². The highest BCUT2D eigenvalue weighted by atomic mass is 31.2. The van der Waals surface area contributed by atoms with E-state index in [-0.39, 0.29) is 0 Å². The lowest BCUT2D eigenvalue weighted by molar-refractivity contribution is 0.306. The highest BCUT2D eigenvalue weighted by Crippen LogP contribution is 2.48. The third-order valence-electron chi connectivity index (χ3n) is 4.32. The van der Waals surface area contributed by atoms with Gasteiger partial charge in [-0.25, -0.2) is 4.57 Å². The SMILES string of the molecule is O=P(Oc1ccccc1)(Oc1ccccc1)c1cccc(OCc2ccccc2)c1. The molecule has 0 amide bonds. The molecule has 0 saturated carbocycles. The molecular formula is C25H21O4P. The summed E-state index contributed by atoms with van der Waals surface area (Å²) in [6.07, 6.45) is 0. The Labute approximate surface area is 176 Å². The Morgan fingerprint density at radius 1 is 0.567 bits per heavy atom. The molecular weight excluding hydrogens is 395 g/mol. The standard InChI is InChI=1S/C25H21O4P/c26-30(28-22-13-6-2-7-14-22,29-23-15-8-3-9-16-23)25-18-10-17-24(19-25)27-20-21-11-4-1-5-12-21/h1-19H,20H2. The predicted octanol–water partition coefficient (Wildman–Crippen LogP) is 6.24. The van der Waals surface area contributed by atoms with E-state index in [1.54, 1.807) is 42.5 Å². The lowest BCUT2D eigenvalue weighted by Crippen LogP contribution is -2.15. The minimum Gasteiger partial charge on any atom is -0.489 e. The summed E-state index contributed by atoms with van der Waals surface area (Å²) in [7, 11) is -3.72. The van der Waals surface area contributed by atoms with Crippen molar-refractivity contribution >= 4 is 12.9 Å². The van der Waals surface area contributed by atoms with Gasteiger partial charge in [-0.2, -0.15) is 0 Å². The second-order valence-electron chi connectivity index (χ2n) is 6.58. The van der Waals surface area contributed by atoms with E-state index in [2.05, 4.69) is 0 Å². The Hall–Kier alpha value is -3.49. The van der Waals surface area contributed by atoms with Crippen LogP contribution in [0.15, 0.2) is 115 Å². The van der Waals surface area contributed by atoms with Crippen LogP contribution < -0.4 is 19.1 Å². The van der Waals surface area contributed by atoms with Crippen molar-refractivity contribution in [2.24, 2.45) is 0 Å². The first-order valence-corrected chi connectivity index (χ1v) is 11.1. The van der Waals surface area contributed by atoms with Crippen LogP contribution >= 0.6 is 7.60 Å². The smallest absolute Gasteiger partial charge is 0.462 e. The molecule has 4 aromatic rings. The zero-order valence-electron chi connectivity index (χ0n) is 16.3. The van der Waals surface area contributed by atoms with Gasteiger partial charge >= 0.3 is 7.60 Å². The van der Waals surface area contributed by atoms with Gasteiger partial charge in [0, 0.05) is 0 Å². The van der Waals surface area contributed by atoms with Gasteiger partial charge in [-0.05, 0) is 48.0 Å². The maximum absolute atomic E-state index is 13.9. The van der Waals surface area contributed by atoms with E-state index in [0.29, 0.717) is 29.2 Å². The van der Waals surface area contributed by atoms with Gasteiger partial charge in [0.15, 0.2) is 0 Å². The van der Waals surface area contributed by atoms with Gasteiger partial charge in [-0.3, -0.25) is 0 Å². The molecule has 0 fully saturated rings. The van der Waals surface area contributed by atoms with Crippen LogP contribution in [-0.2, 0) is 11.2 Å². The molecule has 30 heavy (non-hydrogen) atoms. The minimum atomic E-state index is -3.72. The summed E-state index contributed by atoms with van der Waals surface area (Å²) in [6, 6.07) is 34.9. The Bertz CT molecular complexity index is 1070. The molecule has 0 unspecified atom stereocenters. The van der Waals surface area contributed by atoms with Gasteiger partial charge in [0.1, 0.15) is 23.9 Å². The van der Waals surface area contributed by atoms with Crippen LogP contribution in [0.2, 0.25) is 0 Å². The Morgan fingerprint density at radius 2 is 1.07 bits per heavy atom. The largest absolute Gasteiger partial charge is 0.489 e. The summed E-state index contributed by atoms with van der Waals surface area (Å²) in [5, 5.41) is 0.417. The van der Waals surface area contributed by atoms with E-state index in [1.807, 2.05) is 72.8 Å². The number of ether oxygens (including phenoxy) is 1. The second kappa shape index (κ2) is 9.34. The molecule has 4 rings (SSSR count). The van der Waals surface area contributed by atoms with Crippen LogP contribution in [0.1, 0.15) is 5.56 Å². The highest BCUT2D eigenvalue weighted by Gasteiger charge is 2.32. The fourth-order valence-electron chi connectivity index (χ4n) is 2.85. The molecule has 0 heterocycles. The number of rotatable bonds is 8. The molecule has 0 bridgehead atoms. The summed E-state index contributed by atoms with van der Waals surface area (Å²) in [5.74, 6) is 1.52. The van der Waals surface area contributed by atoms with Gasteiger partial charge in [0.2, 0.25) is 0 Å². The van der Waals surface area contributed by atoms with E-state index in [4.69, 9.17) is 13.8 Å². The molecule has 150 valence electrons. The lowest BCUT2D eigenvalue weighted by atomic mass is 10.2. The first kappa shape index (κ1) is 19.8. The van der Waals surface area contributed by atoms with Gasteiger partial charge in [0.05, 0.1) is 5.30 Å². The maximum Gasteiger partial charge on any atom is 0.462 e. The van der Waals surface area contributed by atoms with Gasteiger partial charge < -0.3 is 13.8 Å². The summed E-state index contributed by atoms with van der Waals surface area (Å²) in [6.45, 7) is 0.410. The van der Waals surface area contributed by atoms with Crippen LogP contribution in [0, 0.1) is 0 Å². The fourth-order valence-corrected chi connectivity index (χ4v) is 4.45. The van der Waals surface area contributed by atoms with Crippen molar-refractivity contribution in [3.8, 4) is 17.2 Å². The van der Waals surface area contributed by atoms with Crippen molar-refractivity contribution in [1.82, 2.24) is 0 Å². The van der Waals surface area contributed by atoms with Crippen molar-refractivity contribution in [3.05, 3.63) is 121 Å². The third kappa shape index (κ3) is 5.11. The molecule has 0 N–H and O–H groups in total. The third-order valence-corrected chi connectivity index (χ3v) is 6.13. The predicted molar refractivity (Wildman–Crippen MR) is 119 cm³/mol. The van der Waals surface area contributed by atoms with Crippen LogP contribution in [0.5, 0.6) is 17.2 Å². The van der Waals surface area contributed by atoms with Crippen LogP contribution in [0.4, 0.5) is 0 Å². The van der Waals surface area contributed by atoms with Gasteiger partial charge in [-0.1, -0.05) is 72.8 Å². The van der Waals surface area contributed by atoms with Crippen LogP contribution in [-0.4, -0.2) is 0 Å². The zero-order chi connectivity index (χ0) is 20.7. The van der Waals surface area contributed by atoms with E-state index >= 15 is 0 Å². The number of hydrogen-bond acceptors (Lipinski definition) is 4. The van der Waals surface area contributed by atoms with Crippen molar-refractivity contribution < 1.29 is 18.3 Å². The quantitative estimate of drug-likeness (QED) is 0.319. The first-order valence-electron chi connectivity index (χ1n) is 9.58. The first-order chi connectivity index (χ1) is 14.7. The number of hydrogen-bond donors (Lipinski definition) is 0. The second-order valence-corrected chi connectivity index (χ2v) is 8.45. The topological polar surface area (TPSA) is 44.8 Å². The molecule has 0 aliphatic rings. The molecule has 4 nitrogen and oxygen atoms in total. The average Bonchev–Trinajstić information content (AvgIpc) is 2.80. The average molecular weight is 416 g/mol. The van der Waals surface area contributed by atoms with E-state index in [1.165, 1.54) is 0 Å². The molecule has 0 aliphatic heterocycles. The summed E-state index contributed by atoms with van der Waals surface area (Å²) in [5.41, 5.74) is 1.05. The normalized spacial score (nSPS) is 10.9. The summed E-state index contributed by atoms with van der Waals surface area (Å²) >= 11 is 0. The zero-order valence-corrected chi connectivity index (χ0v) is 17.2. The van der Waals surface area contributed by atoms with Crippen molar-refractivity contribution in [1.29, 1.82) is 0 Å². The maximum atomic E-state index is 13.9. The van der Waals surface area contributed by atoms with E-state index < -0.39 is 7.60 Å². The Morgan fingerprint density at radius 3 is 1.63 bits per heavy atom. The molecule has 0 saturated heterocycles. The Balaban J connectivity index is 1.62. The molecule has 0 aliphatic carbocycles. The summed E-state index contributed by atoms with van der Waals surface area (Å²) in [4.78, 5) is 0. The molecule has 4 aromatic carbocycles. The summed E-state index contributed by atoms with van der Waals surface area (Å²) < 4.78 is 31.6. The van der Waals surface area contributed by atoms with Crippen molar-refractivity contribution in [2.45, 2.75) is 6.61 Å².